The molecule has 4 atom stereocenters. The predicted molar refractivity (Wildman–Crippen MR) is 168 cm³/mol. The summed E-state index contributed by atoms with van der Waals surface area (Å²) in [6, 6.07) is 15.9. The van der Waals surface area contributed by atoms with Crippen molar-refractivity contribution in [1.29, 1.82) is 0 Å². The number of hydrogen-bond acceptors (Lipinski definition) is 6. The van der Waals surface area contributed by atoms with Crippen LogP contribution in [0.1, 0.15) is 91.2 Å². The Morgan fingerprint density at radius 3 is 1.28 bits per heavy atom. The molecule has 6 rings (SSSR count). The van der Waals surface area contributed by atoms with Crippen LogP contribution in [-0.4, -0.2) is 33.7 Å². The Hall–Kier alpha value is -3.68. The average molecular weight is 585 g/mol. The van der Waals surface area contributed by atoms with E-state index in [2.05, 4.69) is 62.5 Å². The molecule has 0 aliphatic heterocycles. The van der Waals surface area contributed by atoms with Gasteiger partial charge in [-0.05, 0) is 78.3 Å². The molecule has 2 amide bonds. The molecule has 0 radical (unpaired) electrons. The fraction of sp³-hybridized carbons (Fsp3) is 0.543. The molecule has 4 aliphatic carbocycles. The maximum Gasteiger partial charge on any atom is 0.231 e. The molecule has 0 saturated heterocycles. The minimum Gasteiger partial charge on any atom is -0.411 e. The zero-order valence-electron chi connectivity index (χ0n) is 26.2. The van der Waals surface area contributed by atoms with Crippen molar-refractivity contribution >= 4 is 34.6 Å². The molecule has 4 fully saturated rings. The van der Waals surface area contributed by atoms with E-state index in [-0.39, 0.29) is 33.5 Å². The monoisotopic (exact) mass is 584 g/mol. The van der Waals surface area contributed by atoms with Gasteiger partial charge in [0.1, 0.15) is 0 Å². The van der Waals surface area contributed by atoms with Crippen LogP contribution < -0.4 is 10.6 Å². The second-order valence-corrected chi connectivity index (χ2v) is 15.0. The van der Waals surface area contributed by atoms with Gasteiger partial charge in [-0.25, -0.2) is 0 Å². The van der Waals surface area contributed by atoms with Gasteiger partial charge in [0.15, 0.2) is 0 Å². The summed E-state index contributed by atoms with van der Waals surface area (Å²) >= 11 is 0. The van der Waals surface area contributed by atoms with Gasteiger partial charge in [-0.2, -0.15) is 0 Å². The third kappa shape index (κ3) is 3.74. The minimum absolute atomic E-state index is 0.00658. The third-order valence-electron chi connectivity index (χ3n) is 13.4. The molecule has 4 saturated carbocycles. The van der Waals surface area contributed by atoms with Crippen LogP contribution in [0.25, 0.3) is 0 Å². The SMILES string of the molecule is CC12CCC(C(=O)Nc3ccc(Cc4ccc(NC(=O)C56CCC(C)(C(=NO)C5)C6(C)C)cc4)cc3)(CC1=NO)C2(C)C. The van der Waals surface area contributed by atoms with Crippen molar-refractivity contribution in [1.82, 2.24) is 0 Å². The van der Waals surface area contributed by atoms with Crippen molar-refractivity contribution in [3.8, 4) is 0 Å². The third-order valence-corrected chi connectivity index (χ3v) is 13.4. The molecule has 228 valence electrons. The van der Waals surface area contributed by atoms with Gasteiger partial charge in [0.25, 0.3) is 0 Å². The van der Waals surface area contributed by atoms with E-state index in [1.807, 2.05) is 48.5 Å². The Bertz CT molecular complexity index is 1430. The first kappa shape index (κ1) is 29.4. The summed E-state index contributed by atoms with van der Waals surface area (Å²) in [6.45, 7) is 12.7. The number of nitrogens with zero attached hydrogens (tertiary/aromatic N) is 2. The number of anilines is 2. The minimum atomic E-state index is -0.585. The van der Waals surface area contributed by atoms with E-state index in [1.54, 1.807) is 0 Å². The topological polar surface area (TPSA) is 123 Å². The Balaban J connectivity index is 1.09. The van der Waals surface area contributed by atoms with Crippen molar-refractivity contribution in [2.24, 2.45) is 42.8 Å². The van der Waals surface area contributed by atoms with E-state index < -0.39 is 10.8 Å². The molecule has 4 N–H and O–H groups in total. The van der Waals surface area contributed by atoms with Crippen LogP contribution in [0.15, 0.2) is 58.8 Å². The van der Waals surface area contributed by atoms with Crippen molar-refractivity contribution < 1.29 is 20.0 Å². The summed E-state index contributed by atoms with van der Waals surface area (Å²) in [5.41, 5.74) is 2.87. The summed E-state index contributed by atoms with van der Waals surface area (Å²) in [5.74, 6) is -0.0132. The molecule has 2 aromatic rings. The lowest BCUT2D eigenvalue weighted by Gasteiger charge is -2.39. The van der Waals surface area contributed by atoms with Gasteiger partial charge >= 0.3 is 0 Å². The first-order valence-corrected chi connectivity index (χ1v) is 15.4. The molecule has 4 aliphatic rings. The van der Waals surface area contributed by atoms with Gasteiger partial charge in [-0.15, -0.1) is 0 Å². The van der Waals surface area contributed by atoms with Crippen LogP contribution in [0.4, 0.5) is 11.4 Å². The highest BCUT2D eigenvalue weighted by Gasteiger charge is 2.72. The Labute approximate surface area is 254 Å². The molecule has 4 unspecified atom stereocenters. The van der Waals surface area contributed by atoms with E-state index in [0.717, 1.165) is 66.0 Å². The first-order valence-electron chi connectivity index (χ1n) is 15.4. The normalized spacial score (nSPS) is 35.0. The molecule has 43 heavy (non-hydrogen) atoms. The fourth-order valence-corrected chi connectivity index (χ4v) is 9.22. The van der Waals surface area contributed by atoms with Crippen LogP contribution in [0, 0.1) is 32.5 Å². The summed E-state index contributed by atoms with van der Waals surface area (Å²) < 4.78 is 0. The first-order chi connectivity index (χ1) is 20.2. The van der Waals surface area contributed by atoms with E-state index in [4.69, 9.17) is 0 Å². The quantitative estimate of drug-likeness (QED) is 0.211. The van der Waals surface area contributed by atoms with Gasteiger partial charge in [-0.3, -0.25) is 9.59 Å². The van der Waals surface area contributed by atoms with E-state index >= 15 is 0 Å². The predicted octanol–water partition coefficient (Wildman–Crippen LogP) is 7.25. The molecule has 8 heteroatoms. The van der Waals surface area contributed by atoms with Gasteiger partial charge in [0, 0.05) is 35.0 Å². The second kappa shape index (κ2) is 9.41. The number of nitrogens with one attached hydrogen (secondary N) is 2. The highest BCUT2D eigenvalue weighted by atomic mass is 16.4. The summed E-state index contributed by atoms with van der Waals surface area (Å²) in [5, 5.41) is 32.7. The number of amides is 2. The second-order valence-electron chi connectivity index (χ2n) is 15.0. The van der Waals surface area contributed by atoms with E-state index in [9.17, 15) is 20.0 Å². The molecule has 8 nitrogen and oxygen atoms in total. The summed E-state index contributed by atoms with van der Waals surface area (Å²) in [7, 11) is 0. The lowest BCUT2D eigenvalue weighted by molar-refractivity contribution is -0.131. The standard InChI is InChI=1S/C35H44N4O4/c1-30(2)32(5)15-17-34(30,20-26(32)38-42)28(40)36-24-11-7-22(8-12-24)19-23-9-13-25(14-10-23)37-29(41)35-18-16-33(6,31(35,3)4)27(21-35)39-43/h7-14,42-43H,15-21H2,1-6H3,(H,36,40)(H,37,41). The molecule has 0 heterocycles. The Kier molecular flexibility index (Phi) is 6.43. The van der Waals surface area contributed by atoms with Crippen molar-refractivity contribution in [3.63, 3.8) is 0 Å². The van der Waals surface area contributed by atoms with Gasteiger partial charge < -0.3 is 21.0 Å². The Morgan fingerprint density at radius 1 is 0.628 bits per heavy atom. The Morgan fingerprint density at radius 2 is 0.977 bits per heavy atom. The van der Waals surface area contributed by atoms with Crippen LogP contribution in [-0.2, 0) is 16.0 Å². The summed E-state index contributed by atoms with van der Waals surface area (Å²) in [6.07, 6.45) is 4.95. The molecule has 0 spiro atoms. The number of oxime groups is 2. The number of hydrogen-bond donors (Lipinski definition) is 4. The van der Waals surface area contributed by atoms with Crippen LogP contribution in [0.2, 0.25) is 0 Å². The molecular weight excluding hydrogens is 540 g/mol. The van der Waals surface area contributed by atoms with E-state index in [1.165, 1.54) is 0 Å². The van der Waals surface area contributed by atoms with Crippen LogP contribution >= 0.6 is 0 Å². The molecule has 2 aromatic carbocycles. The molecular formula is C35H44N4O4. The molecule has 4 bridgehead atoms. The summed E-state index contributed by atoms with van der Waals surface area (Å²) in [4.78, 5) is 27.2. The zero-order valence-corrected chi connectivity index (χ0v) is 26.2. The highest BCUT2D eigenvalue weighted by Crippen LogP contribution is 2.72. The maximum absolute atomic E-state index is 13.6. The lowest BCUT2D eigenvalue weighted by atomic mass is 9.64. The van der Waals surface area contributed by atoms with Gasteiger partial charge in [0.2, 0.25) is 11.8 Å². The van der Waals surface area contributed by atoms with Crippen molar-refractivity contribution in [2.75, 3.05) is 10.6 Å². The van der Waals surface area contributed by atoms with Crippen LogP contribution in [0.3, 0.4) is 0 Å². The number of rotatable bonds is 6. The van der Waals surface area contributed by atoms with E-state index in [0.29, 0.717) is 12.8 Å². The number of carbonyl (C=O) groups is 2. The average Bonchev–Trinajstić information content (AvgIpc) is 3.47. The maximum atomic E-state index is 13.6. The highest BCUT2D eigenvalue weighted by molar-refractivity contribution is 6.07. The molecule has 0 aromatic heterocycles. The fourth-order valence-electron chi connectivity index (χ4n) is 9.22. The zero-order chi connectivity index (χ0) is 31.1. The van der Waals surface area contributed by atoms with Crippen LogP contribution in [0.5, 0.6) is 0 Å². The number of benzene rings is 2. The van der Waals surface area contributed by atoms with Crippen molar-refractivity contribution in [3.05, 3.63) is 59.7 Å². The smallest absolute Gasteiger partial charge is 0.231 e. The van der Waals surface area contributed by atoms with Gasteiger partial charge in [0.05, 0.1) is 22.3 Å². The number of fused-ring (bicyclic) bond motifs is 4. The van der Waals surface area contributed by atoms with Crippen molar-refractivity contribution in [2.45, 2.75) is 86.5 Å². The van der Waals surface area contributed by atoms with Gasteiger partial charge in [-0.1, -0.05) is 76.1 Å². The largest absolute Gasteiger partial charge is 0.411 e. The number of carbonyl (C=O) groups excluding carboxylic acids is 2. The lowest BCUT2D eigenvalue weighted by Crippen LogP contribution is -2.43.